The third kappa shape index (κ3) is 3.49. The number of alkyl halides is 3. The summed E-state index contributed by atoms with van der Waals surface area (Å²) in [5, 5.41) is 13.6. The number of hydrogen-bond donors (Lipinski definition) is 1. The van der Waals surface area contributed by atoms with Crippen molar-refractivity contribution in [3.8, 4) is 0 Å². The molecule has 6 nitrogen and oxygen atoms in total. The molecule has 25 heavy (non-hydrogen) atoms. The van der Waals surface area contributed by atoms with Crippen LogP contribution in [-0.2, 0) is 12.7 Å². The lowest BCUT2D eigenvalue weighted by Gasteiger charge is -2.15. The van der Waals surface area contributed by atoms with Crippen LogP contribution in [0.3, 0.4) is 0 Å². The van der Waals surface area contributed by atoms with Crippen molar-refractivity contribution in [2.45, 2.75) is 19.6 Å². The first kappa shape index (κ1) is 17.0. The van der Waals surface area contributed by atoms with Crippen LogP contribution >= 0.6 is 0 Å². The molecule has 0 saturated heterocycles. The number of aryl methyl sites for hydroxylation is 1. The topological polar surface area (TPSA) is 58.3 Å². The predicted molar refractivity (Wildman–Crippen MR) is 88.6 cm³/mol. The van der Waals surface area contributed by atoms with Gasteiger partial charge in [0.15, 0.2) is 5.65 Å². The van der Waals surface area contributed by atoms with Crippen molar-refractivity contribution in [3.05, 3.63) is 47.3 Å². The van der Waals surface area contributed by atoms with Gasteiger partial charge in [0.05, 0.1) is 0 Å². The molecule has 2 aromatic heterocycles. The molecule has 1 aromatic carbocycles. The molecule has 0 spiro atoms. The van der Waals surface area contributed by atoms with E-state index in [0.29, 0.717) is 16.9 Å². The van der Waals surface area contributed by atoms with E-state index in [1.54, 1.807) is 6.07 Å². The summed E-state index contributed by atoms with van der Waals surface area (Å²) in [5.74, 6) is -0.827. The zero-order valence-corrected chi connectivity index (χ0v) is 14.0. The van der Waals surface area contributed by atoms with Gasteiger partial charge < -0.3 is 10.2 Å². The maximum absolute atomic E-state index is 12.9. The highest BCUT2D eigenvalue weighted by Crippen LogP contribution is 2.27. The molecule has 0 aliphatic carbocycles. The molecule has 0 bridgehead atoms. The van der Waals surface area contributed by atoms with Crippen molar-refractivity contribution >= 4 is 17.2 Å². The third-order valence-corrected chi connectivity index (χ3v) is 3.82. The van der Waals surface area contributed by atoms with E-state index < -0.39 is 12.0 Å². The summed E-state index contributed by atoms with van der Waals surface area (Å²) in [6.07, 6.45) is -4.61. The number of anilines is 2. The van der Waals surface area contributed by atoms with E-state index in [1.807, 2.05) is 38.1 Å². The molecule has 1 N–H and O–H groups in total. The first-order chi connectivity index (χ1) is 11.8. The Kier molecular flexibility index (Phi) is 4.23. The molecule has 3 aromatic rings. The fourth-order valence-corrected chi connectivity index (χ4v) is 2.40. The fraction of sp³-hybridized carbons (Fsp3) is 0.312. The average Bonchev–Trinajstić information content (AvgIpc) is 2.96. The molecule has 0 aliphatic rings. The Hall–Kier alpha value is -2.84. The van der Waals surface area contributed by atoms with Crippen LogP contribution in [0.2, 0.25) is 0 Å². The van der Waals surface area contributed by atoms with Crippen LogP contribution in [0, 0.1) is 6.92 Å². The van der Waals surface area contributed by atoms with E-state index in [-0.39, 0.29) is 5.65 Å². The van der Waals surface area contributed by atoms with Crippen molar-refractivity contribution in [2.75, 3.05) is 24.3 Å². The van der Waals surface area contributed by atoms with Gasteiger partial charge in [0, 0.05) is 26.3 Å². The van der Waals surface area contributed by atoms with Gasteiger partial charge in [0.1, 0.15) is 5.82 Å². The highest BCUT2D eigenvalue weighted by Gasteiger charge is 2.37. The summed E-state index contributed by atoms with van der Waals surface area (Å²) < 4.78 is 39.4. The molecule has 0 saturated carbocycles. The normalized spacial score (nSPS) is 11.8. The van der Waals surface area contributed by atoms with Crippen LogP contribution in [0.25, 0.3) is 5.65 Å². The molecule has 9 heteroatoms. The molecule has 0 aliphatic heterocycles. The summed E-state index contributed by atoms with van der Waals surface area (Å²) in [4.78, 5) is 2.00. The van der Waals surface area contributed by atoms with E-state index in [4.69, 9.17) is 0 Å². The van der Waals surface area contributed by atoms with Crippen molar-refractivity contribution < 1.29 is 13.2 Å². The van der Waals surface area contributed by atoms with Crippen LogP contribution in [-0.4, -0.2) is 33.9 Å². The second-order valence-electron chi connectivity index (χ2n) is 5.87. The van der Waals surface area contributed by atoms with Gasteiger partial charge in [-0.05, 0) is 42.3 Å². The molecule has 0 amide bonds. The molecule has 0 fully saturated rings. The maximum atomic E-state index is 12.9. The van der Waals surface area contributed by atoms with Crippen molar-refractivity contribution in [3.63, 3.8) is 0 Å². The lowest BCUT2D eigenvalue weighted by Crippen LogP contribution is -2.13. The molecular weight excluding hydrogens is 333 g/mol. The average molecular weight is 350 g/mol. The fourth-order valence-electron chi connectivity index (χ4n) is 2.40. The standard InChI is InChI=1S/C16H17F3N6/c1-10-8-12(24(2)3)5-4-11(10)9-20-13-6-7-14-21-22-15(16(17,18)19)25(14)23-13/h4-8H,9H2,1-3H3,(H,20,23). The van der Waals surface area contributed by atoms with E-state index in [9.17, 15) is 13.2 Å². The Balaban J connectivity index is 1.82. The predicted octanol–water partition coefficient (Wildman–Crippen LogP) is 3.13. The number of hydrogen-bond acceptors (Lipinski definition) is 5. The maximum Gasteiger partial charge on any atom is 0.453 e. The summed E-state index contributed by atoms with van der Waals surface area (Å²) >= 11 is 0. The molecule has 0 radical (unpaired) electrons. The van der Waals surface area contributed by atoms with Crippen LogP contribution in [0.4, 0.5) is 24.7 Å². The van der Waals surface area contributed by atoms with Gasteiger partial charge in [0.2, 0.25) is 0 Å². The zero-order chi connectivity index (χ0) is 18.2. The van der Waals surface area contributed by atoms with E-state index in [1.165, 1.54) is 6.07 Å². The SMILES string of the molecule is Cc1cc(N(C)C)ccc1CNc1ccc2nnc(C(F)(F)F)n2n1. The smallest absolute Gasteiger partial charge is 0.378 e. The number of fused-ring (bicyclic) bond motifs is 1. The quantitative estimate of drug-likeness (QED) is 0.783. The first-order valence-corrected chi connectivity index (χ1v) is 7.56. The summed E-state index contributed by atoms with van der Waals surface area (Å²) in [5.41, 5.74) is 3.25. The van der Waals surface area contributed by atoms with Gasteiger partial charge in [-0.1, -0.05) is 6.07 Å². The lowest BCUT2D eigenvalue weighted by atomic mass is 10.1. The van der Waals surface area contributed by atoms with Gasteiger partial charge in [-0.25, -0.2) is 0 Å². The monoisotopic (exact) mass is 350 g/mol. The zero-order valence-electron chi connectivity index (χ0n) is 14.0. The Bertz CT molecular complexity index is 901. The number of nitrogens with zero attached hydrogens (tertiary/aromatic N) is 5. The van der Waals surface area contributed by atoms with Crippen molar-refractivity contribution in [1.29, 1.82) is 0 Å². The van der Waals surface area contributed by atoms with E-state index in [2.05, 4.69) is 26.7 Å². The molecular formula is C16H17F3N6. The van der Waals surface area contributed by atoms with E-state index in [0.717, 1.165) is 16.8 Å². The van der Waals surface area contributed by atoms with Gasteiger partial charge in [0.25, 0.3) is 5.82 Å². The Morgan fingerprint density at radius 3 is 2.52 bits per heavy atom. The lowest BCUT2D eigenvalue weighted by molar-refractivity contribution is -0.146. The largest absolute Gasteiger partial charge is 0.453 e. The van der Waals surface area contributed by atoms with Crippen LogP contribution in [0.1, 0.15) is 17.0 Å². The summed E-state index contributed by atoms with van der Waals surface area (Å²) in [6.45, 7) is 2.43. The molecule has 132 valence electrons. The number of rotatable bonds is 4. The summed E-state index contributed by atoms with van der Waals surface area (Å²) in [7, 11) is 3.92. The van der Waals surface area contributed by atoms with E-state index >= 15 is 0 Å². The van der Waals surface area contributed by atoms with Gasteiger partial charge in [-0.15, -0.1) is 15.3 Å². The Morgan fingerprint density at radius 2 is 1.88 bits per heavy atom. The minimum absolute atomic E-state index is 0.0457. The number of aromatic nitrogens is 4. The number of halogens is 3. The molecule has 2 heterocycles. The third-order valence-electron chi connectivity index (χ3n) is 3.82. The number of nitrogens with one attached hydrogen (secondary N) is 1. The van der Waals surface area contributed by atoms with Gasteiger partial charge in [-0.3, -0.25) is 0 Å². The van der Waals surface area contributed by atoms with Crippen molar-refractivity contribution in [1.82, 2.24) is 19.8 Å². The Labute approximate surface area is 142 Å². The van der Waals surface area contributed by atoms with Crippen LogP contribution < -0.4 is 10.2 Å². The van der Waals surface area contributed by atoms with Crippen LogP contribution in [0.5, 0.6) is 0 Å². The van der Waals surface area contributed by atoms with Crippen molar-refractivity contribution in [2.24, 2.45) is 0 Å². The minimum atomic E-state index is -4.61. The Morgan fingerprint density at radius 1 is 1.12 bits per heavy atom. The molecule has 0 unspecified atom stereocenters. The second kappa shape index (κ2) is 6.23. The number of benzene rings is 1. The second-order valence-corrected chi connectivity index (χ2v) is 5.87. The van der Waals surface area contributed by atoms with Gasteiger partial charge in [-0.2, -0.15) is 17.7 Å². The first-order valence-electron chi connectivity index (χ1n) is 7.56. The minimum Gasteiger partial charge on any atom is -0.378 e. The highest BCUT2D eigenvalue weighted by molar-refractivity contribution is 5.51. The van der Waals surface area contributed by atoms with Gasteiger partial charge >= 0.3 is 6.18 Å². The summed E-state index contributed by atoms with van der Waals surface area (Å²) in [6, 6.07) is 9.04. The molecule has 3 rings (SSSR count). The highest BCUT2D eigenvalue weighted by atomic mass is 19.4. The van der Waals surface area contributed by atoms with Crippen LogP contribution in [0.15, 0.2) is 30.3 Å². The molecule has 0 atom stereocenters.